The molecule has 0 bridgehead atoms. The summed E-state index contributed by atoms with van der Waals surface area (Å²) in [6.07, 6.45) is 1.17. The van der Waals surface area contributed by atoms with Crippen LogP contribution in [0.2, 0.25) is 0 Å². The SMILES string of the molecule is O=C(NC1CCCN(C(=O)Cl)C1)OCc1ccccc1. The number of piperidine rings is 1. The van der Waals surface area contributed by atoms with Gasteiger partial charge in [0.2, 0.25) is 0 Å². The second-order valence-electron chi connectivity index (χ2n) is 4.74. The van der Waals surface area contributed by atoms with Crippen LogP contribution in [0.1, 0.15) is 18.4 Å². The van der Waals surface area contributed by atoms with Crippen molar-refractivity contribution in [3.05, 3.63) is 35.9 Å². The molecule has 0 radical (unpaired) electrons. The van der Waals surface area contributed by atoms with Gasteiger partial charge in [0.05, 0.1) is 0 Å². The number of nitrogens with zero attached hydrogens (tertiary/aromatic N) is 1. The highest BCUT2D eigenvalue weighted by atomic mass is 35.5. The topological polar surface area (TPSA) is 58.6 Å². The minimum atomic E-state index is -0.478. The smallest absolute Gasteiger partial charge is 0.407 e. The summed E-state index contributed by atoms with van der Waals surface area (Å²) < 4.78 is 5.14. The molecule has 0 aromatic heterocycles. The maximum Gasteiger partial charge on any atom is 0.407 e. The maximum atomic E-state index is 11.7. The molecule has 20 heavy (non-hydrogen) atoms. The van der Waals surface area contributed by atoms with Crippen molar-refractivity contribution < 1.29 is 14.3 Å². The van der Waals surface area contributed by atoms with E-state index in [0.717, 1.165) is 18.4 Å². The molecule has 0 spiro atoms. The van der Waals surface area contributed by atoms with Crippen LogP contribution in [-0.2, 0) is 11.3 Å². The highest BCUT2D eigenvalue weighted by molar-refractivity contribution is 6.62. The van der Waals surface area contributed by atoms with Crippen LogP contribution in [0, 0.1) is 0 Å². The molecule has 1 aliphatic heterocycles. The number of hydrogen-bond donors (Lipinski definition) is 1. The van der Waals surface area contributed by atoms with E-state index in [9.17, 15) is 9.59 Å². The number of hydrogen-bond acceptors (Lipinski definition) is 3. The van der Waals surface area contributed by atoms with Gasteiger partial charge in [-0.05, 0) is 30.0 Å². The van der Waals surface area contributed by atoms with Crippen molar-refractivity contribution in [2.45, 2.75) is 25.5 Å². The Balaban J connectivity index is 1.75. The average molecular weight is 297 g/mol. The molecule has 2 rings (SSSR count). The molecule has 1 saturated heterocycles. The second kappa shape index (κ2) is 7.14. The Morgan fingerprint density at radius 2 is 2.10 bits per heavy atom. The molecule has 0 saturated carbocycles. The number of carbonyl (C=O) groups excluding carboxylic acids is 2. The zero-order valence-electron chi connectivity index (χ0n) is 11.0. The van der Waals surface area contributed by atoms with Crippen molar-refractivity contribution in [1.29, 1.82) is 0 Å². The molecule has 6 heteroatoms. The highest BCUT2D eigenvalue weighted by Gasteiger charge is 2.24. The van der Waals surface area contributed by atoms with Crippen molar-refractivity contribution in [3.63, 3.8) is 0 Å². The molecule has 1 fully saturated rings. The molecule has 1 atom stereocenters. The lowest BCUT2D eigenvalue weighted by Gasteiger charge is -2.31. The number of ether oxygens (including phenoxy) is 1. The zero-order chi connectivity index (χ0) is 14.4. The van der Waals surface area contributed by atoms with Crippen LogP contribution < -0.4 is 5.32 Å². The Labute approximate surface area is 122 Å². The van der Waals surface area contributed by atoms with E-state index in [1.54, 1.807) is 0 Å². The van der Waals surface area contributed by atoms with Crippen LogP contribution in [0.25, 0.3) is 0 Å². The lowest BCUT2D eigenvalue weighted by Crippen LogP contribution is -2.48. The first-order valence-electron chi connectivity index (χ1n) is 6.57. The van der Waals surface area contributed by atoms with Gasteiger partial charge in [-0.2, -0.15) is 0 Å². The Morgan fingerprint density at radius 3 is 2.80 bits per heavy atom. The van der Waals surface area contributed by atoms with Gasteiger partial charge < -0.3 is 15.0 Å². The zero-order valence-corrected chi connectivity index (χ0v) is 11.8. The van der Waals surface area contributed by atoms with Crippen LogP contribution in [0.15, 0.2) is 30.3 Å². The van der Waals surface area contributed by atoms with E-state index < -0.39 is 11.5 Å². The van der Waals surface area contributed by atoms with Crippen molar-refractivity contribution in [3.8, 4) is 0 Å². The van der Waals surface area contributed by atoms with Gasteiger partial charge in [0, 0.05) is 19.1 Å². The van der Waals surface area contributed by atoms with Crippen LogP contribution in [-0.4, -0.2) is 35.5 Å². The van der Waals surface area contributed by atoms with Gasteiger partial charge in [0.1, 0.15) is 6.61 Å². The molecule has 1 aromatic rings. The largest absolute Gasteiger partial charge is 0.445 e. The number of alkyl carbamates (subject to hydrolysis) is 1. The van der Waals surface area contributed by atoms with E-state index in [1.165, 1.54) is 4.90 Å². The summed E-state index contributed by atoms with van der Waals surface area (Å²) in [6.45, 7) is 1.31. The number of halogens is 1. The number of amides is 2. The molecule has 1 aliphatic rings. The molecule has 1 heterocycles. The van der Waals surface area contributed by atoms with Crippen molar-refractivity contribution in [2.75, 3.05) is 13.1 Å². The van der Waals surface area contributed by atoms with Gasteiger partial charge in [-0.3, -0.25) is 4.79 Å². The van der Waals surface area contributed by atoms with Crippen molar-refractivity contribution in [1.82, 2.24) is 10.2 Å². The van der Waals surface area contributed by atoms with E-state index in [0.29, 0.717) is 13.1 Å². The Morgan fingerprint density at radius 1 is 1.35 bits per heavy atom. The van der Waals surface area contributed by atoms with Crippen molar-refractivity contribution in [2.24, 2.45) is 0 Å². The Kier molecular flexibility index (Phi) is 5.24. The first-order chi connectivity index (χ1) is 9.65. The molecule has 2 amide bonds. The lowest BCUT2D eigenvalue weighted by atomic mass is 10.1. The van der Waals surface area contributed by atoms with Crippen molar-refractivity contribution >= 4 is 23.1 Å². The summed E-state index contributed by atoms with van der Waals surface area (Å²) in [6, 6.07) is 9.37. The number of likely N-dealkylation sites (tertiary alicyclic amines) is 1. The van der Waals surface area contributed by atoms with Gasteiger partial charge in [-0.1, -0.05) is 30.3 Å². The van der Waals surface area contributed by atoms with Crippen LogP contribution in [0.5, 0.6) is 0 Å². The normalized spacial score (nSPS) is 18.4. The predicted octanol–water partition coefficient (Wildman–Crippen LogP) is 2.74. The summed E-state index contributed by atoms with van der Waals surface area (Å²) in [5, 5.41) is 2.28. The van der Waals surface area contributed by atoms with E-state index in [-0.39, 0.29) is 12.6 Å². The average Bonchev–Trinajstić information content (AvgIpc) is 2.46. The molecular formula is C14H17ClN2O3. The molecule has 1 N–H and O–H groups in total. The van der Waals surface area contributed by atoms with Gasteiger partial charge in [0.15, 0.2) is 0 Å². The molecule has 0 aliphatic carbocycles. The third-order valence-electron chi connectivity index (χ3n) is 3.20. The maximum absolute atomic E-state index is 11.7. The quantitative estimate of drug-likeness (QED) is 0.689. The van der Waals surface area contributed by atoms with E-state index in [4.69, 9.17) is 16.3 Å². The van der Waals surface area contributed by atoms with E-state index in [1.807, 2.05) is 30.3 Å². The summed E-state index contributed by atoms with van der Waals surface area (Å²) in [5.74, 6) is 0. The monoisotopic (exact) mass is 296 g/mol. The summed E-state index contributed by atoms with van der Waals surface area (Å²) in [5.41, 5.74) is 0.934. The van der Waals surface area contributed by atoms with E-state index in [2.05, 4.69) is 5.32 Å². The second-order valence-corrected chi connectivity index (χ2v) is 5.07. The highest BCUT2D eigenvalue weighted by Crippen LogP contribution is 2.12. The summed E-state index contributed by atoms with van der Waals surface area (Å²) in [4.78, 5) is 24.3. The first kappa shape index (κ1) is 14.7. The minimum absolute atomic E-state index is 0.102. The summed E-state index contributed by atoms with van der Waals surface area (Å²) >= 11 is 5.44. The number of nitrogens with one attached hydrogen (secondary N) is 1. The predicted molar refractivity (Wildman–Crippen MR) is 75.6 cm³/mol. The first-order valence-corrected chi connectivity index (χ1v) is 6.94. The van der Waals surface area contributed by atoms with Crippen LogP contribution >= 0.6 is 11.6 Å². The van der Waals surface area contributed by atoms with Gasteiger partial charge >= 0.3 is 11.5 Å². The number of benzene rings is 1. The number of rotatable bonds is 3. The molecule has 5 nitrogen and oxygen atoms in total. The van der Waals surface area contributed by atoms with Gasteiger partial charge in [-0.15, -0.1) is 0 Å². The standard InChI is InChI=1S/C14H17ClN2O3/c15-13(18)17-8-4-7-12(9-17)16-14(19)20-10-11-5-2-1-3-6-11/h1-3,5-6,12H,4,7-10H2,(H,16,19). The third-order valence-corrected chi connectivity index (χ3v) is 3.44. The molecule has 1 unspecified atom stereocenters. The minimum Gasteiger partial charge on any atom is -0.445 e. The molecule has 1 aromatic carbocycles. The molecule has 108 valence electrons. The van der Waals surface area contributed by atoms with Gasteiger partial charge in [-0.25, -0.2) is 4.79 Å². The fraction of sp³-hybridized carbons (Fsp3) is 0.429. The van der Waals surface area contributed by atoms with Crippen LogP contribution in [0.4, 0.5) is 9.59 Å². The fourth-order valence-electron chi connectivity index (χ4n) is 2.19. The van der Waals surface area contributed by atoms with Gasteiger partial charge in [0.25, 0.3) is 0 Å². The third kappa shape index (κ3) is 4.42. The summed E-state index contributed by atoms with van der Waals surface area (Å²) in [7, 11) is 0. The number of carbonyl (C=O) groups is 2. The van der Waals surface area contributed by atoms with E-state index >= 15 is 0 Å². The van der Waals surface area contributed by atoms with Crippen LogP contribution in [0.3, 0.4) is 0 Å². The fourth-order valence-corrected chi connectivity index (χ4v) is 2.34. The molecular weight excluding hydrogens is 280 g/mol. The Hall–Kier alpha value is -1.75. The lowest BCUT2D eigenvalue weighted by molar-refractivity contribution is 0.128. The Bertz CT molecular complexity index is 467.